The van der Waals surface area contributed by atoms with E-state index in [9.17, 15) is 0 Å². The number of unbranched alkanes of at least 4 members (excludes halogenated alkanes) is 9. The van der Waals surface area contributed by atoms with Crippen molar-refractivity contribution in [2.45, 2.75) is 90.9 Å². The molecule has 0 radical (unpaired) electrons. The van der Waals surface area contributed by atoms with Gasteiger partial charge in [0.2, 0.25) is 0 Å². The molecule has 6 heteroatoms. The Morgan fingerprint density at radius 1 is 0.773 bits per heavy atom. The highest BCUT2D eigenvalue weighted by atomic mass is 32.3. The first-order chi connectivity index (χ1) is 10.3. The Bertz CT molecular complexity index is 292. The van der Waals surface area contributed by atoms with Crippen LogP contribution in [0.1, 0.15) is 90.9 Å². The predicted molar refractivity (Wildman–Crippen MR) is 91.5 cm³/mol. The average Bonchev–Trinajstić information content (AvgIpc) is 2.43. The molecule has 0 aliphatic heterocycles. The lowest BCUT2D eigenvalue weighted by Gasteiger charge is -2.10. The van der Waals surface area contributed by atoms with E-state index in [1.165, 1.54) is 70.6 Å². The maximum atomic E-state index is 9.07. The van der Waals surface area contributed by atoms with Gasteiger partial charge in [0, 0.05) is 6.61 Å². The van der Waals surface area contributed by atoms with Crippen LogP contribution < -0.4 is 0 Å². The largest absolute Gasteiger partial charge is 0.396 e. The number of aliphatic hydroxyl groups is 1. The van der Waals surface area contributed by atoms with Crippen LogP contribution in [0.5, 0.6) is 0 Å². The number of aliphatic hydroxyl groups excluding tert-OH is 1. The molecule has 0 spiro atoms. The van der Waals surface area contributed by atoms with E-state index in [4.69, 9.17) is 22.6 Å². The Morgan fingerprint density at radius 3 is 1.45 bits per heavy atom. The molecule has 136 valence electrons. The van der Waals surface area contributed by atoms with Gasteiger partial charge in [-0.15, -0.1) is 0 Å². The van der Waals surface area contributed by atoms with Gasteiger partial charge in [0.05, 0.1) is 0 Å². The molecule has 0 bridgehead atoms. The molecule has 5 nitrogen and oxygen atoms in total. The first-order valence-electron chi connectivity index (χ1n) is 8.65. The molecule has 0 aliphatic carbocycles. The second-order valence-corrected chi connectivity index (χ2v) is 6.77. The number of hydrogen-bond acceptors (Lipinski definition) is 3. The molecule has 0 aromatic rings. The molecule has 3 N–H and O–H groups in total. The fourth-order valence-corrected chi connectivity index (χ4v) is 2.34. The van der Waals surface area contributed by atoms with Crippen molar-refractivity contribution in [3.8, 4) is 0 Å². The second-order valence-electron chi connectivity index (χ2n) is 5.88. The molecule has 0 rings (SSSR count). The van der Waals surface area contributed by atoms with Gasteiger partial charge in [0.25, 0.3) is 0 Å². The zero-order chi connectivity index (χ0) is 17.3. The van der Waals surface area contributed by atoms with E-state index in [0.29, 0.717) is 12.5 Å². The van der Waals surface area contributed by atoms with Gasteiger partial charge < -0.3 is 5.11 Å². The highest BCUT2D eigenvalue weighted by Crippen LogP contribution is 2.15. The van der Waals surface area contributed by atoms with Crippen molar-refractivity contribution in [3.63, 3.8) is 0 Å². The Morgan fingerprint density at radius 2 is 1.14 bits per heavy atom. The first kappa shape index (κ1) is 24.1. The Hall–Kier alpha value is -0.170. The first-order valence-corrected chi connectivity index (χ1v) is 10.1. The van der Waals surface area contributed by atoms with E-state index in [2.05, 4.69) is 13.8 Å². The molecule has 1 unspecified atom stereocenters. The molecule has 0 aromatic heterocycles. The summed E-state index contributed by atoms with van der Waals surface area (Å²) in [7, 11) is -4.67. The van der Waals surface area contributed by atoms with Gasteiger partial charge in [-0.1, -0.05) is 84.5 Å². The van der Waals surface area contributed by atoms with Crippen LogP contribution in [0.15, 0.2) is 0 Å². The molecule has 0 aliphatic rings. The molecule has 0 saturated carbocycles. The summed E-state index contributed by atoms with van der Waals surface area (Å²) in [5.41, 5.74) is 0. The van der Waals surface area contributed by atoms with Crippen molar-refractivity contribution in [3.05, 3.63) is 0 Å². The third-order valence-corrected chi connectivity index (χ3v) is 3.80. The molecular weight excluding hydrogens is 304 g/mol. The zero-order valence-corrected chi connectivity index (χ0v) is 15.2. The van der Waals surface area contributed by atoms with Gasteiger partial charge in [0.15, 0.2) is 0 Å². The Kier molecular flexibility index (Phi) is 18.8. The highest BCUT2D eigenvalue weighted by Gasteiger charge is 2.03. The molecule has 0 saturated heterocycles. The molecule has 0 heterocycles. The Labute approximate surface area is 137 Å². The summed E-state index contributed by atoms with van der Waals surface area (Å²) in [6, 6.07) is 0. The summed E-state index contributed by atoms with van der Waals surface area (Å²) in [6.45, 7) is 4.83. The average molecular weight is 341 g/mol. The van der Waals surface area contributed by atoms with E-state index < -0.39 is 10.4 Å². The van der Waals surface area contributed by atoms with Crippen molar-refractivity contribution >= 4 is 10.4 Å². The summed E-state index contributed by atoms with van der Waals surface area (Å²) < 4.78 is 31.6. The van der Waals surface area contributed by atoms with Crippen LogP contribution >= 0.6 is 0 Å². The second kappa shape index (κ2) is 17.2. The summed E-state index contributed by atoms with van der Waals surface area (Å²) in [5.74, 6) is 0.559. The minimum absolute atomic E-state index is 0.383. The van der Waals surface area contributed by atoms with Gasteiger partial charge in [-0.3, -0.25) is 9.11 Å². The maximum absolute atomic E-state index is 9.07. The topological polar surface area (TPSA) is 94.8 Å². The normalized spacial score (nSPS) is 12.6. The number of hydrogen-bond donors (Lipinski definition) is 3. The SMILES string of the molecule is CCCCCCCCCCCCC(CC)CO.O=S(=O)(O)O. The zero-order valence-electron chi connectivity index (χ0n) is 14.3. The van der Waals surface area contributed by atoms with E-state index in [1.807, 2.05) is 0 Å². The van der Waals surface area contributed by atoms with Crippen molar-refractivity contribution < 1.29 is 22.6 Å². The van der Waals surface area contributed by atoms with Crippen molar-refractivity contribution in [2.24, 2.45) is 5.92 Å². The van der Waals surface area contributed by atoms with Crippen LogP contribution in [0, 0.1) is 5.92 Å². The lowest BCUT2D eigenvalue weighted by molar-refractivity contribution is 0.211. The van der Waals surface area contributed by atoms with Crippen LogP contribution in [0.25, 0.3) is 0 Å². The van der Waals surface area contributed by atoms with E-state index in [1.54, 1.807) is 0 Å². The lowest BCUT2D eigenvalue weighted by atomic mass is 9.98. The number of rotatable bonds is 13. The van der Waals surface area contributed by atoms with Crippen LogP contribution in [0.2, 0.25) is 0 Å². The third kappa shape index (κ3) is 28.1. The minimum Gasteiger partial charge on any atom is -0.396 e. The summed E-state index contributed by atoms with van der Waals surface area (Å²) in [5, 5.41) is 9.07. The predicted octanol–water partition coefficient (Wildman–Crippen LogP) is 4.66. The van der Waals surface area contributed by atoms with Gasteiger partial charge in [-0.25, -0.2) is 0 Å². The highest BCUT2D eigenvalue weighted by molar-refractivity contribution is 7.79. The summed E-state index contributed by atoms with van der Waals surface area (Å²) >= 11 is 0. The van der Waals surface area contributed by atoms with Crippen LogP contribution in [-0.2, 0) is 10.4 Å². The monoisotopic (exact) mass is 340 g/mol. The van der Waals surface area contributed by atoms with Gasteiger partial charge in [-0.2, -0.15) is 8.42 Å². The molecule has 22 heavy (non-hydrogen) atoms. The molecule has 0 amide bonds. The summed E-state index contributed by atoms with van der Waals surface area (Å²) in [6.07, 6.45) is 16.4. The van der Waals surface area contributed by atoms with Crippen LogP contribution in [-0.4, -0.2) is 29.2 Å². The third-order valence-electron chi connectivity index (χ3n) is 3.80. The van der Waals surface area contributed by atoms with Crippen molar-refractivity contribution in [1.82, 2.24) is 0 Å². The van der Waals surface area contributed by atoms with Gasteiger partial charge >= 0.3 is 10.4 Å². The molecular formula is C16H36O5S. The smallest absolute Gasteiger partial charge is 0.394 e. The molecule has 0 aromatic carbocycles. The fourth-order valence-electron chi connectivity index (χ4n) is 2.34. The molecule has 0 fully saturated rings. The van der Waals surface area contributed by atoms with Crippen LogP contribution in [0.4, 0.5) is 0 Å². The van der Waals surface area contributed by atoms with E-state index in [-0.39, 0.29) is 0 Å². The Balaban J connectivity index is 0. The standard InChI is InChI=1S/C16H34O.H2O4S/c1-3-5-6-7-8-9-10-11-12-13-14-16(4-2)15-17;1-5(2,3)4/h16-17H,3-15H2,1-2H3;(H2,1,2,3,4). The lowest BCUT2D eigenvalue weighted by Crippen LogP contribution is -2.03. The van der Waals surface area contributed by atoms with Crippen molar-refractivity contribution in [1.29, 1.82) is 0 Å². The van der Waals surface area contributed by atoms with E-state index in [0.717, 1.165) is 6.42 Å². The van der Waals surface area contributed by atoms with E-state index >= 15 is 0 Å². The van der Waals surface area contributed by atoms with Gasteiger partial charge in [-0.05, 0) is 12.3 Å². The maximum Gasteiger partial charge on any atom is 0.394 e. The molecule has 1 atom stereocenters. The fraction of sp³-hybridized carbons (Fsp3) is 1.00. The summed E-state index contributed by atoms with van der Waals surface area (Å²) in [4.78, 5) is 0. The quantitative estimate of drug-likeness (QED) is 0.335. The minimum atomic E-state index is -4.67. The van der Waals surface area contributed by atoms with Crippen LogP contribution in [0.3, 0.4) is 0 Å². The van der Waals surface area contributed by atoms with Gasteiger partial charge in [0.1, 0.15) is 0 Å². The van der Waals surface area contributed by atoms with Crippen molar-refractivity contribution in [2.75, 3.05) is 6.61 Å².